The van der Waals surface area contributed by atoms with E-state index >= 15 is 0 Å². The summed E-state index contributed by atoms with van der Waals surface area (Å²) in [5.74, 6) is 0.976. The Kier molecular flexibility index (Phi) is 4.57. The molecule has 1 aliphatic rings. The first-order chi connectivity index (χ1) is 12.8. The van der Waals surface area contributed by atoms with Crippen molar-refractivity contribution in [2.75, 3.05) is 9.80 Å². The highest BCUT2D eigenvalue weighted by Crippen LogP contribution is 2.47. The summed E-state index contributed by atoms with van der Waals surface area (Å²) in [7, 11) is 0. The van der Waals surface area contributed by atoms with Crippen molar-refractivity contribution in [1.82, 2.24) is 9.97 Å². The molecule has 26 heavy (non-hydrogen) atoms. The van der Waals surface area contributed by atoms with Crippen LogP contribution in [0.15, 0.2) is 67.1 Å². The van der Waals surface area contributed by atoms with Gasteiger partial charge in [-0.25, -0.2) is 9.97 Å². The molecule has 0 spiro atoms. The molecule has 0 amide bonds. The van der Waals surface area contributed by atoms with E-state index in [0.29, 0.717) is 0 Å². The Morgan fingerprint density at radius 1 is 0.885 bits per heavy atom. The van der Waals surface area contributed by atoms with Gasteiger partial charge in [0.2, 0.25) is 0 Å². The van der Waals surface area contributed by atoms with E-state index < -0.39 is 0 Å². The predicted octanol–water partition coefficient (Wildman–Crippen LogP) is 5.46. The average molecular weight is 344 g/mol. The number of benzene rings is 2. The van der Waals surface area contributed by atoms with Crippen LogP contribution in [0.3, 0.4) is 0 Å². The smallest absolute Gasteiger partial charge is 0.162 e. The molecule has 3 aromatic rings. The van der Waals surface area contributed by atoms with E-state index in [0.717, 1.165) is 36.5 Å². The van der Waals surface area contributed by atoms with Gasteiger partial charge in [-0.1, -0.05) is 56.7 Å². The summed E-state index contributed by atoms with van der Waals surface area (Å²) in [6.07, 6.45) is 6.94. The molecule has 4 nitrogen and oxygen atoms in total. The van der Waals surface area contributed by atoms with E-state index in [9.17, 15) is 0 Å². The quantitative estimate of drug-likeness (QED) is 0.615. The molecule has 0 saturated carbocycles. The topological polar surface area (TPSA) is 32.3 Å². The van der Waals surface area contributed by atoms with Crippen LogP contribution in [0.25, 0.3) is 0 Å². The third kappa shape index (κ3) is 2.71. The normalized spacial score (nSPS) is 16.0. The van der Waals surface area contributed by atoms with Crippen LogP contribution in [-0.4, -0.2) is 16.1 Å². The Morgan fingerprint density at radius 2 is 1.65 bits per heavy atom. The lowest BCUT2D eigenvalue weighted by Crippen LogP contribution is -2.38. The number of para-hydroxylation sites is 2. The van der Waals surface area contributed by atoms with Crippen molar-refractivity contribution in [3.05, 3.63) is 72.7 Å². The second-order valence-corrected chi connectivity index (χ2v) is 6.57. The maximum atomic E-state index is 4.64. The lowest BCUT2D eigenvalue weighted by Gasteiger charge is -2.33. The number of aromatic nitrogens is 2. The summed E-state index contributed by atoms with van der Waals surface area (Å²) in [6, 6.07) is 19.2. The zero-order valence-corrected chi connectivity index (χ0v) is 15.3. The van der Waals surface area contributed by atoms with E-state index in [1.165, 1.54) is 11.3 Å². The summed E-state index contributed by atoms with van der Waals surface area (Å²) in [6.45, 7) is 4.46. The summed E-state index contributed by atoms with van der Waals surface area (Å²) >= 11 is 0. The van der Waals surface area contributed by atoms with Crippen molar-refractivity contribution >= 4 is 22.9 Å². The van der Waals surface area contributed by atoms with Crippen molar-refractivity contribution in [2.45, 2.75) is 39.3 Å². The molecule has 1 aliphatic heterocycles. The third-order valence-corrected chi connectivity index (χ3v) is 4.93. The van der Waals surface area contributed by atoms with Gasteiger partial charge in [0.1, 0.15) is 18.2 Å². The first-order valence-corrected chi connectivity index (χ1v) is 9.36. The zero-order chi connectivity index (χ0) is 17.9. The van der Waals surface area contributed by atoms with Crippen molar-refractivity contribution in [3.63, 3.8) is 0 Å². The molecule has 0 aliphatic carbocycles. The Balaban J connectivity index is 1.88. The average Bonchev–Trinajstić information content (AvgIpc) is 3.03. The number of nitrogens with zero attached hydrogens (tertiary/aromatic N) is 4. The van der Waals surface area contributed by atoms with Crippen LogP contribution < -0.4 is 9.80 Å². The van der Waals surface area contributed by atoms with Crippen molar-refractivity contribution < 1.29 is 0 Å². The minimum Gasteiger partial charge on any atom is -0.315 e. The largest absolute Gasteiger partial charge is 0.315 e. The molecule has 0 radical (unpaired) electrons. The molecule has 4 rings (SSSR count). The molecule has 0 saturated heterocycles. The van der Waals surface area contributed by atoms with E-state index in [1.807, 2.05) is 6.20 Å². The van der Waals surface area contributed by atoms with Gasteiger partial charge in [0.25, 0.3) is 0 Å². The third-order valence-electron chi connectivity index (χ3n) is 4.93. The van der Waals surface area contributed by atoms with Gasteiger partial charge < -0.3 is 9.80 Å². The molecular weight excluding hydrogens is 320 g/mol. The molecule has 4 heteroatoms. The number of rotatable bonds is 5. The van der Waals surface area contributed by atoms with Gasteiger partial charge in [0.15, 0.2) is 5.82 Å². The number of hydrogen-bond acceptors (Lipinski definition) is 4. The van der Waals surface area contributed by atoms with Gasteiger partial charge in [-0.2, -0.15) is 0 Å². The van der Waals surface area contributed by atoms with Gasteiger partial charge in [-0.3, -0.25) is 0 Å². The Bertz CT molecular complexity index is 878. The van der Waals surface area contributed by atoms with E-state index in [2.05, 4.69) is 88.2 Å². The van der Waals surface area contributed by atoms with E-state index in [4.69, 9.17) is 0 Å². The van der Waals surface area contributed by atoms with Crippen LogP contribution in [0.5, 0.6) is 0 Å². The fraction of sp³-hybridized carbons (Fsp3) is 0.273. The summed E-state index contributed by atoms with van der Waals surface area (Å²) < 4.78 is 0. The van der Waals surface area contributed by atoms with Crippen molar-refractivity contribution in [1.29, 1.82) is 0 Å². The van der Waals surface area contributed by atoms with Gasteiger partial charge in [0, 0.05) is 11.4 Å². The minimum atomic E-state index is 0.183. The Morgan fingerprint density at radius 3 is 2.42 bits per heavy atom. The van der Waals surface area contributed by atoms with Gasteiger partial charge >= 0.3 is 0 Å². The molecule has 0 bridgehead atoms. The van der Waals surface area contributed by atoms with Crippen LogP contribution in [-0.2, 0) is 6.42 Å². The van der Waals surface area contributed by atoms with Crippen molar-refractivity contribution in [3.8, 4) is 0 Å². The van der Waals surface area contributed by atoms with Gasteiger partial charge in [0.05, 0.1) is 6.20 Å². The maximum absolute atomic E-state index is 4.64. The molecule has 1 unspecified atom stereocenters. The summed E-state index contributed by atoms with van der Waals surface area (Å²) in [4.78, 5) is 13.7. The molecule has 0 N–H and O–H groups in total. The molecule has 2 aromatic carbocycles. The fourth-order valence-corrected chi connectivity index (χ4v) is 3.85. The van der Waals surface area contributed by atoms with E-state index in [-0.39, 0.29) is 6.17 Å². The minimum absolute atomic E-state index is 0.183. The Labute approximate surface area is 155 Å². The predicted molar refractivity (Wildman–Crippen MR) is 107 cm³/mol. The zero-order valence-electron chi connectivity index (χ0n) is 15.3. The molecule has 1 atom stereocenters. The highest BCUT2D eigenvalue weighted by molar-refractivity contribution is 5.86. The van der Waals surface area contributed by atoms with Crippen LogP contribution in [0.1, 0.15) is 32.3 Å². The SMILES string of the molecule is CCCc1ccccc1N1c2cncnc2N(c2ccccc2)C1CC. The molecule has 2 heterocycles. The second-order valence-electron chi connectivity index (χ2n) is 6.57. The lowest BCUT2D eigenvalue weighted by atomic mass is 10.1. The fourth-order valence-electron chi connectivity index (χ4n) is 3.85. The molecule has 132 valence electrons. The van der Waals surface area contributed by atoms with Gasteiger partial charge in [-0.05, 0) is 36.6 Å². The van der Waals surface area contributed by atoms with Crippen LogP contribution in [0, 0.1) is 0 Å². The van der Waals surface area contributed by atoms with Crippen LogP contribution in [0.4, 0.5) is 22.9 Å². The standard InChI is InChI=1S/C22H24N4/c1-3-10-17-11-8-9-14-19(17)26-20-15-23-16-24-22(20)25(21(26)4-2)18-12-6-5-7-13-18/h5-9,11-16,21H,3-4,10H2,1-2H3. The Hall–Kier alpha value is -2.88. The lowest BCUT2D eigenvalue weighted by molar-refractivity contribution is 0.662. The second kappa shape index (κ2) is 7.16. The summed E-state index contributed by atoms with van der Waals surface area (Å²) in [5.41, 5.74) is 4.87. The van der Waals surface area contributed by atoms with Crippen LogP contribution >= 0.6 is 0 Å². The first-order valence-electron chi connectivity index (χ1n) is 9.36. The van der Waals surface area contributed by atoms with Crippen molar-refractivity contribution in [2.24, 2.45) is 0 Å². The monoisotopic (exact) mass is 344 g/mol. The highest BCUT2D eigenvalue weighted by atomic mass is 15.4. The number of fused-ring (bicyclic) bond motifs is 1. The van der Waals surface area contributed by atoms with E-state index in [1.54, 1.807) is 6.33 Å². The number of aryl methyl sites for hydroxylation is 1. The van der Waals surface area contributed by atoms with Crippen LogP contribution in [0.2, 0.25) is 0 Å². The maximum Gasteiger partial charge on any atom is 0.162 e. The summed E-state index contributed by atoms with van der Waals surface area (Å²) in [5, 5.41) is 0. The van der Waals surface area contributed by atoms with Gasteiger partial charge in [-0.15, -0.1) is 0 Å². The first kappa shape index (κ1) is 16.6. The molecular formula is C22H24N4. The molecule has 1 aromatic heterocycles. The number of anilines is 4. The highest BCUT2D eigenvalue weighted by Gasteiger charge is 2.38. The molecule has 0 fully saturated rings. The number of hydrogen-bond donors (Lipinski definition) is 0.